The van der Waals surface area contributed by atoms with E-state index in [1.165, 1.54) is 37.7 Å². The fourth-order valence-electron chi connectivity index (χ4n) is 3.94. The summed E-state index contributed by atoms with van der Waals surface area (Å²) in [7, 11) is 1.65. The van der Waals surface area contributed by atoms with Crippen molar-refractivity contribution in [2.24, 2.45) is 17.8 Å². The van der Waals surface area contributed by atoms with E-state index in [9.17, 15) is 0 Å². The lowest BCUT2D eigenvalue weighted by Gasteiger charge is -2.24. The summed E-state index contributed by atoms with van der Waals surface area (Å²) >= 11 is 10.1. The van der Waals surface area contributed by atoms with Gasteiger partial charge in [-0.05, 0) is 61.1 Å². The van der Waals surface area contributed by atoms with Gasteiger partial charge in [0.15, 0.2) is 0 Å². The van der Waals surface area contributed by atoms with Crippen molar-refractivity contribution in [3.63, 3.8) is 0 Å². The number of fused-ring (bicyclic) bond motifs is 2. The molecule has 104 valence electrons. The van der Waals surface area contributed by atoms with Crippen molar-refractivity contribution in [2.75, 3.05) is 7.11 Å². The number of ether oxygens (including phenoxy) is 1. The molecule has 3 heteroatoms. The summed E-state index contributed by atoms with van der Waals surface area (Å²) in [4.78, 5) is 0.417. The molecule has 0 aromatic heterocycles. The highest BCUT2D eigenvalue weighted by Gasteiger charge is 2.39. The number of rotatable bonds is 4. The van der Waals surface area contributed by atoms with Crippen molar-refractivity contribution in [3.05, 3.63) is 28.8 Å². The Morgan fingerprint density at radius 2 is 2.21 bits per heavy atom. The van der Waals surface area contributed by atoms with Crippen LogP contribution in [0.4, 0.5) is 0 Å². The molecule has 2 saturated carbocycles. The van der Waals surface area contributed by atoms with Gasteiger partial charge < -0.3 is 4.74 Å². The zero-order chi connectivity index (χ0) is 13.4. The second-order valence-corrected chi connectivity index (χ2v) is 7.54. The van der Waals surface area contributed by atoms with Gasteiger partial charge in [0, 0.05) is 4.83 Å². The second-order valence-electron chi connectivity index (χ2n) is 6.03. The number of methoxy groups -OCH3 is 1. The van der Waals surface area contributed by atoms with Gasteiger partial charge in [0.05, 0.1) is 12.1 Å². The predicted molar refractivity (Wildman–Crippen MR) is 83.2 cm³/mol. The van der Waals surface area contributed by atoms with Crippen LogP contribution in [0.2, 0.25) is 5.02 Å². The highest BCUT2D eigenvalue weighted by molar-refractivity contribution is 9.09. The average molecular weight is 344 g/mol. The van der Waals surface area contributed by atoms with Crippen molar-refractivity contribution in [1.82, 2.24) is 0 Å². The molecule has 1 nitrogen and oxygen atoms in total. The first-order valence-corrected chi connectivity index (χ1v) is 8.44. The van der Waals surface area contributed by atoms with E-state index in [1.54, 1.807) is 7.11 Å². The van der Waals surface area contributed by atoms with Crippen molar-refractivity contribution in [3.8, 4) is 5.75 Å². The molecule has 1 aromatic rings. The maximum absolute atomic E-state index is 6.21. The summed E-state index contributed by atoms with van der Waals surface area (Å²) in [5.74, 6) is 3.67. The van der Waals surface area contributed by atoms with Crippen molar-refractivity contribution >= 4 is 27.5 Å². The number of benzene rings is 1. The van der Waals surface area contributed by atoms with E-state index in [4.69, 9.17) is 16.3 Å². The lowest BCUT2D eigenvalue weighted by molar-refractivity contribution is 0.314. The molecule has 0 aliphatic heterocycles. The molecule has 4 unspecified atom stereocenters. The lowest BCUT2D eigenvalue weighted by atomic mass is 9.84. The topological polar surface area (TPSA) is 9.23 Å². The van der Waals surface area contributed by atoms with E-state index in [1.807, 2.05) is 12.1 Å². The van der Waals surface area contributed by atoms with E-state index in [0.717, 1.165) is 23.5 Å². The van der Waals surface area contributed by atoms with Crippen molar-refractivity contribution in [1.29, 1.82) is 0 Å². The van der Waals surface area contributed by atoms with E-state index in [0.29, 0.717) is 9.85 Å². The van der Waals surface area contributed by atoms with Crippen molar-refractivity contribution in [2.45, 2.75) is 36.9 Å². The summed E-state index contributed by atoms with van der Waals surface area (Å²) in [5, 5.41) is 0.706. The Morgan fingerprint density at radius 1 is 1.37 bits per heavy atom. The molecule has 0 spiro atoms. The number of alkyl halides is 1. The Morgan fingerprint density at radius 3 is 2.79 bits per heavy atom. The monoisotopic (exact) mass is 342 g/mol. The van der Waals surface area contributed by atoms with Gasteiger partial charge in [-0.3, -0.25) is 0 Å². The minimum Gasteiger partial charge on any atom is -0.495 e. The summed E-state index contributed by atoms with van der Waals surface area (Å²) in [6, 6.07) is 6.12. The smallest absolute Gasteiger partial charge is 0.137 e. The fourth-order valence-corrected chi connectivity index (χ4v) is 4.98. The molecular weight excluding hydrogens is 324 g/mol. The predicted octanol–water partition coefficient (Wildman–Crippen LogP) is 5.61. The van der Waals surface area contributed by atoms with Crippen LogP contribution in [-0.2, 0) is 0 Å². The Hall–Kier alpha value is -0.210. The first kappa shape index (κ1) is 13.8. The third-order valence-corrected chi connectivity index (χ3v) is 6.13. The number of hydrogen-bond donors (Lipinski definition) is 0. The Labute approximate surface area is 128 Å². The Bertz CT molecular complexity index is 462. The van der Waals surface area contributed by atoms with Crippen LogP contribution >= 0.6 is 27.5 Å². The van der Waals surface area contributed by atoms with Crippen LogP contribution in [0.3, 0.4) is 0 Å². The first-order valence-electron chi connectivity index (χ1n) is 7.15. The van der Waals surface area contributed by atoms with Crippen molar-refractivity contribution < 1.29 is 4.74 Å². The summed E-state index contributed by atoms with van der Waals surface area (Å²) in [6.45, 7) is 0. The molecule has 0 N–H and O–H groups in total. The maximum Gasteiger partial charge on any atom is 0.137 e. The molecular formula is C16H20BrClO. The van der Waals surface area contributed by atoms with Gasteiger partial charge >= 0.3 is 0 Å². The van der Waals surface area contributed by atoms with Gasteiger partial charge in [0.1, 0.15) is 5.75 Å². The van der Waals surface area contributed by atoms with Gasteiger partial charge in [0.25, 0.3) is 0 Å². The molecule has 4 atom stereocenters. The van der Waals surface area contributed by atoms with Crippen LogP contribution in [0.1, 0.15) is 42.5 Å². The minimum atomic E-state index is 0.417. The maximum atomic E-state index is 6.21. The van der Waals surface area contributed by atoms with Crippen LogP contribution in [0.5, 0.6) is 5.75 Å². The number of halogens is 2. The highest BCUT2D eigenvalue weighted by atomic mass is 79.9. The molecule has 2 fully saturated rings. The molecule has 1 aromatic carbocycles. The zero-order valence-electron chi connectivity index (χ0n) is 11.2. The van der Waals surface area contributed by atoms with Crippen LogP contribution in [-0.4, -0.2) is 7.11 Å². The molecule has 0 saturated heterocycles. The highest BCUT2D eigenvalue weighted by Crippen LogP contribution is 2.52. The Kier molecular flexibility index (Phi) is 4.09. The van der Waals surface area contributed by atoms with E-state index in [2.05, 4.69) is 22.0 Å². The standard InChI is InChI=1S/C16H20BrClO/c1-19-16-5-4-12(9-15(16)18)14(17)8-13-7-10-2-3-11(13)6-10/h4-5,9-11,13-14H,2-3,6-8H2,1H3. The minimum absolute atomic E-state index is 0.417. The van der Waals surface area contributed by atoms with Crippen LogP contribution < -0.4 is 4.74 Å². The fraction of sp³-hybridized carbons (Fsp3) is 0.625. The van der Waals surface area contributed by atoms with Gasteiger partial charge in [-0.25, -0.2) is 0 Å². The summed E-state index contributed by atoms with van der Waals surface area (Å²) < 4.78 is 5.21. The first-order chi connectivity index (χ1) is 9.17. The van der Waals surface area contributed by atoms with Gasteiger partial charge in [-0.15, -0.1) is 0 Å². The van der Waals surface area contributed by atoms with Gasteiger partial charge in [-0.2, -0.15) is 0 Å². The van der Waals surface area contributed by atoms with E-state index in [-0.39, 0.29) is 0 Å². The van der Waals surface area contributed by atoms with E-state index < -0.39 is 0 Å². The molecule has 0 heterocycles. The molecule has 3 rings (SSSR count). The molecule has 2 aliphatic carbocycles. The SMILES string of the molecule is COc1ccc(C(Br)CC2CC3CCC2C3)cc1Cl. The zero-order valence-corrected chi connectivity index (χ0v) is 13.6. The quantitative estimate of drug-likeness (QED) is 0.646. The van der Waals surface area contributed by atoms with Crippen LogP contribution in [0.15, 0.2) is 18.2 Å². The number of hydrogen-bond acceptors (Lipinski definition) is 1. The van der Waals surface area contributed by atoms with E-state index >= 15 is 0 Å². The molecule has 0 amide bonds. The van der Waals surface area contributed by atoms with Gasteiger partial charge in [-0.1, -0.05) is 40.0 Å². The van der Waals surface area contributed by atoms with Gasteiger partial charge in [0.2, 0.25) is 0 Å². The Balaban J connectivity index is 1.67. The van der Waals surface area contributed by atoms with Crippen LogP contribution in [0, 0.1) is 17.8 Å². The summed E-state index contributed by atoms with van der Waals surface area (Å²) in [5.41, 5.74) is 1.27. The normalized spacial score (nSPS) is 30.6. The molecule has 19 heavy (non-hydrogen) atoms. The molecule has 0 radical (unpaired) electrons. The third kappa shape index (κ3) is 2.80. The lowest BCUT2D eigenvalue weighted by Crippen LogP contribution is -2.12. The van der Waals surface area contributed by atoms with Crippen LogP contribution in [0.25, 0.3) is 0 Å². The largest absolute Gasteiger partial charge is 0.495 e. The summed E-state index contributed by atoms with van der Waals surface area (Å²) in [6.07, 6.45) is 7.09. The third-order valence-electron chi connectivity index (χ3n) is 4.93. The molecule has 2 aliphatic rings. The second kappa shape index (κ2) is 5.65. The molecule has 2 bridgehead atoms. The average Bonchev–Trinajstić information content (AvgIpc) is 3.00.